The predicted octanol–water partition coefficient (Wildman–Crippen LogP) is 2.48. The third kappa shape index (κ3) is 5.41. The van der Waals surface area contributed by atoms with Gasteiger partial charge in [-0.1, -0.05) is 12.8 Å². The largest absolute Gasteiger partial charge is 0.350 e. The van der Waals surface area contributed by atoms with Gasteiger partial charge in [-0.25, -0.2) is 9.78 Å². The van der Waals surface area contributed by atoms with Crippen molar-refractivity contribution in [1.29, 1.82) is 0 Å². The van der Waals surface area contributed by atoms with Crippen LogP contribution in [0.25, 0.3) is 0 Å². The maximum absolute atomic E-state index is 12.1. The van der Waals surface area contributed by atoms with Crippen molar-refractivity contribution in [2.75, 3.05) is 18.4 Å². The van der Waals surface area contributed by atoms with Crippen molar-refractivity contribution >= 4 is 28.4 Å². The zero-order chi connectivity index (χ0) is 18.7. The number of amides is 3. The van der Waals surface area contributed by atoms with E-state index in [1.165, 1.54) is 24.2 Å². The number of hydrogen-bond donors (Lipinski definition) is 3. The Labute approximate surface area is 158 Å². The van der Waals surface area contributed by atoms with E-state index in [1.54, 1.807) is 0 Å². The van der Waals surface area contributed by atoms with Crippen LogP contribution in [0.1, 0.15) is 57.0 Å². The Morgan fingerprint density at radius 1 is 1.27 bits per heavy atom. The van der Waals surface area contributed by atoms with E-state index >= 15 is 0 Å². The molecule has 0 aromatic carbocycles. The van der Waals surface area contributed by atoms with Gasteiger partial charge in [0.05, 0.1) is 12.2 Å². The van der Waals surface area contributed by atoms with Crippen molar-refractivity contribution in [3.8, 4) is 0 Å². The minimum atomic E-state index is -0.216. The molecule has 1 aromatic rings. The van der Waals surface area contributed by atoms with Gasteiger partial charge in [0.1, 0.15) is 0 Å². The minimum absolute atomic E-state index is 0.0414. The summed E-state index contributed by atoms with van der Waals surface area (Å²) in [5.41, 5.74) is 0.824. The number of aromatic nitrogens is 1. The van der Waals surface area contributed by atoms with Crippen LogP contribution in [0.5, 0.6) is 0 Å². The van der Waals surface area contributed by atoms with E-state index in [0.29, 0.717) is 24.3 Å². The van der Waals surface area contributed by atoms with Crippen LogP contribution < -0.4 is 16.0 Å². The monoisotopic (exact) mass is 379 g/mol. The van der Waals surface area contributed by atoms with Gasteiger partial charge in [-0.3, -0.25) is 15.0 Å². The summed E-state index contributed by atoms with van der Waals surface area (Å²) < 4.78 is 0. The number of fused-ring (bicyclic) bond motifs is 1. The lowest BCUT2D eigenvalue weighted by Gasteiger charge is -2.27. The fourth-order valence-corrected chi connectivity index (χ4v) is 4.53. The fourth-order valence-electron chi connectivity index (χ4n) is 3.49. The van der Waals surface area contributed by atoms with E-state index in [2.05, 4.69) is 25.8 Å². The number of carbonyl (C=O) groups is 2. The molecule has 144 valence electrons. The van der Waals surface area contributed by atoms with Gasteiger partial charge in [0, 0.05) is 36.0 Å². The van der Waals surface area contributed by atoms with E-state index in [4.69, 9.17) is 0 Å². The Morgan fingerprint density at radius 2 is 2.00 bits per heavy atom. The Kier molecular flexibility index (Phi) is 5.82. The van der Waals surface area contributed by atoms with Crippen molar-refractivity contribution in [3.05, 3.63) is 10.6 Å². The first kappa shape index (κ1) is 19.1. The summed E-state index contributed by atoms with van der Waals surface area (Å²) in [6, 6.07) is 0.130. The summed E-state index contributed by atoms with van der Waals surface area (Å²) in [6.45, 7) is 7.85. The van der Waals surface area contributed by atoms with Gasteiger partial charge in [-0.2, -0.15) is 0 Å². The Morgan fingerprint density at radius 3 is 2.69 bits per heavy atom. The smallest absolute Gasteiger partial charge is 0.321 e. The number of rotatable bonds is 4. The molecule has 1 aromatic heterocycles. The molecule has 1 aliphatic heterocycles. The van der Waals surface area contributed by atoms with Crippen LogP contribution in [0.2, 0.25) is 0 Å². The van der Waals surface area contributed by atoms with Crippen molar-refractivity contribution in [1.82, 2.24) is 20.5 Å². The molecule has 0 unspecified atom stereocenters. The van der Waals surface area contributed by atoms with Gasteiger partial charge in [0.2, 0.25) is 5.91 Å². The molecule has 26 heavy (non-hydrogen) atoms. The molecule has 0 atom stereocenters. The average Bonchev–Trinajstić information content (AvgIpc) is 3.13. The van der Waals surface area contributed by atoms with E-state index in [0.717, 1.165) is 36.4 Å². The van der Waals surface area contributed by atoms with Gasteiger partial charge < -0.3 is 10.6 Å². The molecule has 1 fully saturated rings. The van der Waals surface area contributed by atoms with Gasteiger partial charge in [-0.05, 0) is 33.6 Å². The highest BCUT2D eigenvalue weighted by molar-refractivity contribution is 7.15. The third-order valence-electron chi connectivity index (χ3n) is 4.60. The molecule has 2 heterocycles. The van der Waals surface area contributed by atoms with Crippen molar-refractivity contribution < 1.29 is 9.59 Å². The van der Waals surface area contributed by atoms with Crippen molar-refractivity contribution in [3.63, 3.8) is 0 Å². The number of nitrogens with one attached hydrogen (secondary N) is 3. The van der Waals surface area contributed by atoms with Crippen LogP contribution in [0, 0.1) is 0 Å². The zero-order valence-electron chi connectivity index (χ0n) is 15.9. The summed E-state index contributed by atoms with van der Waals surface area (Å²) in [6.07, 6.45) is 5.31. The topological polar surface area (TPSA) is 86.4 Å². The lowest BCUT2D eigenvalue weighted by Crippen LogP contribution is -2.46. The zero-order valence-corrected chi connectivity index (χ0v) is 16.7. The quantitative estimate of drug-likeness (QED) is 0.750. The minimum Gasteiger partial charge on any atom is -0.350 e. The lowest BCUT2D eigenvalue weighted by molar-refractivity contribution is -0.123. The Hall–Kier alpha value is -1.67. The fraction of sp³-hybridized carbons (Fsp3) is 0.722. The lowest BCUT2D eigenvalue weighted by atomic mass is 10.1. The Balaban J connectivity index is 1.51. The number of nitrogens with zero attached hydrogens (tertiary/aromatic N) is 2. The van der Waals surface area contributed by atoms with Crippen LogP contribution >= 0.6 is 11.3 Å². The molecular formula is C18H29N5O2S. The molecule has 0 bridgehead atoms. The number of urea groups is 1. The number of hydrogen-bond acceptors (Lipinski definition) is 5. The van der Waals surface area contributed by atoms with Crippen LogP contribution in [-0.4, -0.2) is 46.5 Å². The predicted molar refractivity (Wildman–Crippen MR) is 103 cm³/mol. The second-order valence-corrected chi connectivity index (χ2v) is 9.31. The second kappa shape index (κ2) is 7.92. The van der Waals surface area contributed by atoms with Crippen molar-refractivity contribution in [2.24, 2.45) is 0 Å². The van der Waals surface area contributed by atoms with Crippen LogP contribution in [-0.2, 0) is 17.8 Å². The molecule has 3 amide bonds. The summed E-state index contributed by atoms with van der Waals surface area (Å²) in [5.74, 6) is 0.0414. The van der Waals surface area contributed by atoms with Crippen LogP contribution in [0.15, 0.2) is 0 Å². The highest BCUT2D eigenvalue weighted by Crippen LogP contribution is 2.28. The first-order valence-corrected chi connectivity index (χ1v) is 10.2. The van der Waals surface area contributed by atoms with E-state index in [1.807, 2.05) is 20.8 Å². The molecule has 7 nitrogen and oxygen atoms in total. The maximum Gasteiger partial charge on any atom is 0.321 e. The van der Waals surface area contributed by atoms with E-state index < -0.39 is 0 Å². The first-order chi connectivity index (χ1) is 12.3. The summed E-state index contributed by atoms with van der Waals surface area (Å²) in [4.78, 5) is 32.1. The Bertz CT molecular complexity index is 661. The third-order valence-corrected chi connectivity index (χ3v) is 5.60. The summed E-state index contributed by atoms with van der Waals surface area (Å²) in [5, 5.41) is 9.53. The molecule has 0 radical (unpaired) electrons. The second-order valence-electron chi connectivity index (χ2n) is 8.23. The standard InChI is InChI=1S/C18H29N5O2S/c1-18(2,3)22-15(24)11-23-9-8-13-14(10-23)26-17(20-13)21-16(25)19-12-6-4-5-7-12/h12H,4-11H2,1-3H3,(H,22,24)(H2,19,20,21,25). The highest BCUT2D eigenvalue weighted by Gasteiger charge is 2.24. The normalized spacial score (nSPS) is 18.4. The maximum atomic E-state index is 12.1. The van der Waals surface area contributed by atoms with Gasteiger partial charge >= 0.3 is 6.03 Å². The van der Waals surface area contributed by atoms with E-state index in [-0.39, 0.29) is 17.5 Å². The average molecular weight is 380 g/mol. The molecular weight excluding hydrogens is 350 g/mol. The van der Waals surface area contributed by atoms with Gasteiger partial charge in [0.15, 0.2) is 5.13 Å². The van der Waals surface area contributed by atoms with Crippen molar-refractivity contribution in [2.45, 2.75) is 71.0 Å². The number of anilines is 1. The molecule has 1 aliphatic carbocycles. The number of carbonyl (C=O) groups excluding carboxylic acids is 2. The van der Waals surface area contributed by atoms with Gasteiger partial charge in [-0.15, -0.1) is 11.3 Å². The summed E-state index contributed by atoms with van der Waals surface area (Å²) in [7, 11) is 0. The summed E-state index contributed by atoms with van der Waals surface area (Å²) >= 11 is 1.51. The molecule has 3 rings (SSSR count). The SMILES string of the molecule is CC(C)(C)NC(=O)CN1CCc2nc(NC(=O)NC3CCCC3)sc2C1. The molecule has 1 saturated carbocycles. The molecule has 3 N–H and O–H groups in total. The van der Waals surface area contributed by atoms with Crippen LogP contribution in [0.4, 0.5) is 9.93 Å². The highest BCUT2D eigenvalue weighted by atomic mass is 32.1. The number of thiazole rings is 1. The first-order valence-electron chi connectivity index (χ1n) is 9.38. The van der Waals surface area contributed by atoms with E-state index in [9.17, 15) is 9.59 Å². The van der Waals surface area contributed by atoms with Crippen LogP contribution in [0.3, 0.4) is 0 Å². The van der Waals surface area contributed by atoms with Gasteiger partial charge in [0.25, 0.3) is 0 Å². The molecule has 0 spiro atoms. The molecule has 8 heteroatoms. The molecule has 2 aliphatic rings. The molecule has 0 saturated heterocycles.